The summed E-state index contributed by atoms with van der Waals surface area (Å²) in [5.74, 6) is 1.19. The molecular weight excluding hydrogens is 413 g/mol. The highest BCUT2D eigenvalue weighted by Crippen LogP contribution is 2.16. The molecule has 0 unspecified atom stereocenters. The molecule has 4 N–H and O–H groups in total. The lowest BCUT2D eigenvalue weighted by Crippen LogP contribution is -2.22. The van der Waals surface area contributed by atoms with Gasteiger partial charge >= 0.3 is 0 Å². The number of rotatable bonds is 4. The largest absolute Gasteiger partial charge is 0.370 e. The number of guanidine groups is 1. The summed E-state index contributed by atoms with van der Waals surface area (Å²) in [6, 6.07) is 14.2. The average molecular weight is 435 g/mol. The van der Waals surface area contributed by atoms with E-state index in [4.69, 9.17) is 5.73 Å². The van der Waals surface area contributed by atoms with Crippen LogP contribution in [-0.4, -0.2) is 15.9 Å². The molecule has 3 aromatic rings. The second-order valence-electron chi connectivity index (χ2n) is 5.53. The highest BCUT2D eigenvalue weighted by atomic mass is 127. The summed E-state index contributed by atoms with van der Waals surface area (Å²) in [5, 5.41) is 3.12. The molecule has 0 aliphatic heterocycles. The van der Waals surface area contributed by atoms with Crippen molar-refractivity contribution in [2.24, 2.45) is 10.7 Å². The molecule has 0 saturated heterocycles. The Morgan fingerprint density at radius 2 is 2.04 bits per heavy atom. The first kappa shape index (κ1) is 18.3. The number of benzene rings is 2. The number of fused-ring (bicyclic) bond motifs is 1. The predicted octanol–water partition coefficient (Wildman–Crippen LogP) is 3.98. The topological polar surface area (TPSA) is 79.1 Å². The minimum Gasteiger partial charge on any atom is -0.370 e. The van der Waals surface area contributed by atoms with Crippen molar-refractivity contribution in [1.82, 2.24) is 9.97 Å². The highest BCUT2D eigenvalue weighted by molar-refractivity contribution is 14.0. The summed E-state index contributed by atoms with van der Waals surface area (Å²) >= 11 is 0. The zero-order valence-electron chi connectivity index (χ0n) is 13.8. The van der Waals surface area contributed by atoms with Crippen molar-refractivity contribution in [3.8, 4) is 0 Å². The third-order valence-corrected chi connectivity index (χ3v) is 3.77. The summed E-state index contributed by atoms with van der Waals surface area (Å²) in [6.07, 6.45) is 0.991. The van der Waals surface area contributed by atoms with Crippen molar-refractivity contribution in [1.29, 1.82) is 0 Å². The van der Waals surface area contributed by atoms with E-state index < -0.39 is 0 Å². The molecule has 1 heterocycles. The van der Waals surface area contributed by atoms with Gasteiger partial charge in [0.1, 0.15) is 12.4 Å². The fourth-order valence-electron chi connectivity index (χ4n) is 2.52. The lowest BCUT2D eigenvalue weighted by molar-refractivity contribution is 0.954. The van der Waals surface area contributed by atoms with Gasteiger partial charge in [-0.3, -0.25) is 0 Å². The van der Waals surface area contributed by atoms with Crippen LogP contribution in [0.1, 0.15) is 23.9 Å². The third kappa shape index (κ3) is 4.25. The number of nitrogens with two attached hydrogens (primary N) is 1. The van der Waals surface area contributed by atoms with Crippen molar-refractivity contribution >= 4 is 46.7 Å². The Balaban J connectivity index is 0.00000208. The Hall–Kier alpha value is -2.09. The quantitative estimate of drug-likeness (QED) is 0.330. The summed E-state index contributed by atoms with van der Waals surface area (Å²) in [6.45, 7) is 4.59. The van der Waals surface area contributed by atoms with E-state index in [9.17, 15) is 0 Å². The van der Waals surface area contributed by atoms with Crippen LogP contribution in [0.2, 0.25) is 0 Å². The van der Waals surface area contributed by atoms with Gasteiger partial charge in [-0.05, 0) is 42.7 Å². The SMILES string of the molecule is CCc1cccc(NC(N)=NCc2nc3c(C)cccc3[nH]2)c1.I. The number of aliphatic imine (C=N–C) groups is 1. The number of anilines is 1. The minimum atomic E-state index is 0. The van der Waals surface area contributed by atoms with Gasteiger partial charge in [0.25, 0.3) is 0 Å². The molecular formula is C18H22IN5. The number of nitrogens with one attached hydrogen (secondary N) is 2. The molecule has 0 spiro atoms. The van der Waals surface area contributed by atoms with Crippen LogP contribution in [0.25, 0.3) is 11.0 Å². The lowest BCUT2D eigenvalue weighted by Gasteiger charge is -2.06. The minimum absolute atomic E-state index is 0. The first-order valence-corrected chi connectivity index (χ1v) is 7.76. The van der Waals surface area contributed by atoms with E-state index in [0.717, 1.165) is 34.5 Å². The van der Waals surface area contributed by atoms with Crippen molar-refractivity contribution in [2.75, 3.05) is 5.32 Å². The Bertz CT molecular complexity index is 853. The Morgan fingerprint density at radius 3 is 2.79 bits per heavy atom. The normalized spacial score (nSPS) is 11.3. The maximum atomic E-state index is 5.97. The molecule has 0 amide bonds. The van der Waals surface area contributed by atoms with Crippen LogP contribution in [0.15, 0.2) is 47.5 Å². The first-order valence-electron chi connectivity index (χ1n) is 7.76. The molecule has 1 aromatic heterocycles. The number of aromatic nitrogens is 2. The molecule has 5 nitrogen and oxygen atoms in total. The Labute approximate surface area is 158 Å². The summed E-state index contributed by atoms with van der Waals surface area (Å²) in [5.41, 5.74) is 11.3. The second-order valence-corrected chi connectivity index (χ2v) is 5.53. The van der Waals surface area contributed by atoms with Gasteiger partial charge in [0, 0.05) is 5.69 Å². The number of halogens is 1. The van der Waals surface area contributed by atoms with Gasteiger partial charge in [-0.25, -0.2) is 9.98 Å². The highest BCUT2D eigenvalue weighted by Gasteiger charge is 2.04. The third-order valence-electron chi connectivity index (χ3n) is 3.77. The van der Waals surface area contributed by atoms with Crippen LogP contribution in [0.3, 0.4) is 0 Å². The van der Waals surface area contributed by atoms with Gasteiger partial charge in [-0.2, -0.15) is 0 Å². The summed E-state index contributed by atoms with van der Waals surface area (Å²) in [7, 11) is 0. The molecule has 0 bridgehead atoms. The maximum Gasteiger partial charge on any atom is 0.193 e. The summed E-state index contributed by atoms with van der Waals surface area (Å²) in [4.78, 5) is 12.2. The number of aryl methyl sites for hydroxylation is 2. The number of hydrogen-bond acceptors (Lipinski definition) is 2. The van der Waals surface area contributed by atoms with Gasteiger partial charge in [0.05, 0.1) is 11.0 Å². The van der Waals surface area contributed by atoms with Crippen LogP contribution in [0.4, 0.5) is 5.69 Å². The van der Waals surface area contributed by atoms with Crippen LogP contribution >= 0.6 is 24.0 Å². The fraction of sp³-hybridized carbons (Fsp3) is 0.222. The van der Waals surface area contributed by atoms with Crippen molar-refractivity contribution in [3.63, 3.8) is 0 Å². The van der Waals surface area contributed by atoms with Crippen LogP contribution in [-0.2, 0) is 13.0 Å². The van der Waals surface area contributed by atoms with Crippen molar-refractivity contribution in [3.05, 3.63) is 59.4 Å². The second kappa shape index (κ2) is 8.14. The van der Waals surface area contributed by atoms with E-state index >= 15 is 0 Å². The van der Waals surface area contributed by atoms with Crippen molar-refractivity contribution in [2.45, 2.75) is 26.8 Å². The van der Waals surface area contributed by atoms with Gasteiger partial charge in [-0.1, -0.05) is 31.2 Å². The van der Waals surface area contributed by atoms with Gasteiger partial charge in [0.15, 0.2) is 5.96 Å². The van der Waals surface area contributed by atoms with E-state index in [0.29, 0.717) is 12.5 Å². The van der Waals surface area contributed by atoms with E-state index in [1.165, 1.54) is 5.56 Å². The standard InChI is InChI=1S/C18H21N5.HI/c1-3-13-7-5-8-14(10-13)21-18(19)20-11-16-22-15-9-4-6-12(2)17(15)23-16;/h4-10H,3,11H2,1-2H3,(H,22,23)(H3,19,20,21);1H. The van der Waals surface area contributed by atoms with Gasteiger partial charge in [0.2, 0.25) is 0 Å². The zero-order valence-corrected chi connectivity index (χ0v) is 16.2. The summed E-state index contributed by atoms with van der Waals surface area (Å²) < 4.78 is 0. The predicted molar refractivity (Wildman–Crippen MR) is 111 cm³/mol. The number of hydrogen-bond donors (Lipinski definition) is 3. The maximum absolute atomic E-state index is 5.97. The molecule has 0 fully saturated rings. The molecule has 0 atom stereocenters. The zero-order chi connectivity index (χ0) is 16.2. The Morgan fingerprint density at radius 1 is 1.25 bits per heavy atom. The number of imidazole rings is 1. The molecule has 0 aliphatic carbocycles. The number of para-hydroxylation sites is 1. The number of aromatic amines is 1. The monoisotopic (exact) mass is 435 g/mol. The first-order chi connectivity index (χ1) is 11.2. The van der Waals surface area contributed by atoms with E-state index in [2.05, 4.69) is 39.3 Å². The molecule has 0 aliphatic rings. The number of nitrogens with zero attached hydrogens (tertiary/aromatic N) is 2. The van der Waals surface area contributed by atoms with E-state index in [-0.39, 0.29) is 24.0 Å². The lowest BCUT2D eigenvalue weighted by atomic mass is 10.1. The fourth-order valence-corrected chi connectivity index (χ4v) is 2.52. The molecule has 24 heavy (non-hydrogen) atoms. The van der Waals surface area contributed by atoms with Crippen LogP contribution in [0.5, 0.6) is 0 Å². The average Bonchev–Trinajstić information content (AvgIpc) is 2.98. The van der Waals surface area contributed by atoms with Crippen molar-refractivity contribution < 1.29 is 0 Å². The molecule has 0 saturated carbocycles. The molecule has 6 heteroatoms. The molecule has 2 aromatic carbocycles. The van der Waals surface area contributed by atoms with Crippen LogP contribution in [0, 0.1) is 6.92 Å². The van der Waals surface area contributed by atoms with Crippen LogP contribution < -0.4 is 11.1 Å². The molecule has 0 radical (unpaired) electrons. The van der Waals surface area contributed by atoms with Gasteiger partial charge in [-0.15, -0.1) is 24.0 Å². The number of H-pyrrole nitrogens is 1. The molecule has 126 valence electrons. The Kier molecular flexibility index (Phi) is 6.19. The smallest absolute Gasteiger partial charge is 0.193 e. The van der Waals surface area contributed by atoms with E-state index in [1.807, 2.05) is 37.3 Å². The van der Waals surface area contributed by atoms with Gasteiger partial charge < -0.3 is 16.0 Å². The molecule has 3 rings (SSSR count). The van der Waals surface area contributed by atoms with E-state index in [1.54, 1.807) is 0 Å².